The van der Waals surface area contributed by atoms with E-state index in [0.717, 1.165) is 35.1 Å². The van der Waals surface area contributed by atoms with Crippen LogP contribution in [0.5, 0.6) is 0 Å². The van der Waals surface area contributed by atoms with Crippen molar-refractivity contribution >= 4 is 17.3 Å². The fraction of sp³-hybridized carbons (Fsp3) is 0.462. The van der Waals surface area contributed by atoms with Crippen LogP contribution < -0.4 is 0 Å². The molecular formula is C26H27NO5. The number of fused-ring (bicyclic) bond motifs is 5. The molecule has 0 radical (unpaired) electrons. The summed E-state index contributed by atoms with van der Waals surface area (Å²) < 4.78 is 6.13. The van der Waals surface area contributed by atoms with Crippen LogP contribution in [0.15, 0.2) is 36.4 Å². The Morgan fingerprint density at radius 1 is 1.03 bits per heavy atom. The summed E-state index contributed by atoms with van der Waals surface area (Å²) in [4.78, 5) is 38.6. The number of nitrogens with zero attached hydrogens (tertiary/aromatic N) is 1. The minimum Gasteiger partial charge on any atom is -0.373 e. The van der Waals surface area contributed by atoms with Crippen molar-refractivity contribution in [2.45, 2.75) is 64.1 Å². The van der Waals surface area contributed by atoms with E-state index in [9.17, 15) is 19.7 Å². The van der Waals surface area contributed by atoms with Gasteiger partial charge in [0.25, 0.3) is 5.69 Å². The highest BCUT2D eigenvalue weighted by Crippen LogP contribution is 2.58. The zero-order valence-corrected chi connectivity index (χ0v) is 18.5. The van der Waals surface area contributed by atoms with Crippen molar-refractivity contribution in [3.63, 3.8) is 0 Å². The van der Waals surface area contributed by atoms with Crippen molar-refractivity contribution in [3.8, 4) is 0 Å². The molecule has 3 fully saturated rings. The Hall–Kier alpha value is -2.86. The van der Waals surface area contributed by atoms with Gasteiger partial charge in [-0.3, -0.25) is 19.7 Å². The van der Waals surface area contributed by atoms with E-state index in [4.69, 9.17) is 4.74 Å². The number of Topliss-reactive ketones (excluding diaryl/α,β-unsaturated/α-hetero) is 2. The lowest BCUT2D eigenvalue weighted by Gasteiger charge is -2.26. The van der Waals surface area contributed by atoms with Gasteiger partial charge in [0.1, 0.15) is 5.92 Å². The van der Waals surface area contributed by atoms with Gasteiger partial charge < -0.3 is 4.74 Å². The minimum absolute atomic E-state index is 0.0261. The van der Waals surface area contributed by atoms with Crippen molar-refractivity contribution in [3.05, 3.63) is 74.3 Å². The Morgan fingerprint density at radius 3 is 2.28 bits per heavy atom. The first kappa shape index (κ1) is 21.0. The van der Waals surface area contributed by atoms with Crippen LogP contribution in [0, 0.1) is 28.9 Å². The molecule has 2 heterocycles. The second-order valence-electron chi connectivity index (χ2n) is 9.29. The summed E-state index contributed by atoms with van der Waals surface area (Å²) in [6, 6.07) is 10.9. The molecule has 0 N–H and O–H groups in total. The topological polar surface area (TPSA) is 86.5 Å². The molecule has 32 heavy (non-hydrogen) atoms. The summed E-state index contributed by atoms with van der Waals surface area (Å²) in [6.45, 7) is 6.15. The molecule has 0 spiro atoms. The molecular weight excluding hydrogens is 406 g/mol. The summed E-state index contributed by atoms with van der Waals surface area (Å²) in [5, 5.41) is 11.6. The zero-order chi connectivity index (χ0) is 22.7. The molecule has 6 heteroatoms. The Kier molecular flexibility index (Phi) is 5.01. The van der Waals surface area contributed by atoms with E-state index in [-0.39, 0.29) is 34.2 Å². The van der Waals surface area contributed by atoms with Crippen LogP contribution in [0.2, 0.25) is 0 Å². The predicted octanol–water partition coefficient (Wildman–Crippen LogP) is 4.45. The summed E-state index contributed by atoms with van der Waals surface area (Å²) in [7, 11) is 0. The second kappa shape index (κ2) is 7.62. The highest BCUT2D eigenvalue weighted by atomic mass is 16.6. The van der Waals surface area contributed by atoms with Gasteiger partial charge in [0.05, 0.1) is 29.0 Å². The van der Waals surface area contributed by atoms with E-state index in [1.54, 1.807) is 18.2 Å². The van der Waals surface area contributed by atoms with Crippen molar-refractivity contribution in [1.82, 2.24) is 0 Å². The molecule has 3 aliphatic rings. The van der Waals surface area contributed by atoms with E-state index in [2.05, 4.69) is 26.0 Å². The Morgan fingerprint density at radius 2 is 1.66 bits per heavy atom. The predicted molar refractivity (Wildman–Crippen MR) is 119 cm³/mol. The largest absolute Gasteiger partial charge is 0.373 e. The summed E-state index contributed by atoms with van der Waals surface area (Å²) in [5.74, 6) is -2.04. The first-order valence-electron chi connectivity index (χ1n) is 11.5. The molecule has 0 amide bonds. The van der Waals surface area contributed by atoms with E-state index >= 15 is 0 Å². The number of ether oxygens (including phenoxy) is 1. The van der Waals surface area contributed by atoms with Gasteiger partial charge in [-0.1, -0.05) is 49.7 Å². The van der Waals surface area contributed by atoms with Gasteiger partial charge in [0, 0.05) is 17.5 Å². The third-order valence-electron chi connectivity index (χ3n) is 7.66. The lowest BCUT2D eigenvalue weighted by molar-refractivity contribution is -0.385. The maximum absolute atomic E-state index is 13.8. The van der Waals surface area contributed by atoms with E-state index in [1.807, 2.05) is 6.92 Å². The maximum atomic E-state index is 13.8. The summed E-state index contributed by atoms with van der Waals surface area (Å²) in [6.07, 6.45) is 1.24. The third kappa shape index (κ3) is 2.89. The van der Waals surface area contributed by atoms with Gasteiger partial charge in [-0.25, -0.2) is 0 Å². The number of aryl methyl sites for hydroxylation is 3. The van der Waals surface area contributed by atoms with Crippen molar-refractivity contribution in [2.75, 3.05) is 0 Å². The molecule has 1 aliphatic carbocycles. The Bertz CT molecular complexity index is 1110. The molecule has 2 aromatic rings. The van der Waals surface area contributed by atoms with E-state index in [1.165, 1.54) is 6.07 Å². The number of benzene rings is 2. The highest BCUT2D eigenvalue weighted by molar-refractivity contribution is 6.17. The molecule has 1 saturated carbocycles. The first-order chi connectivity index (χ1) is 15.4. The number of hydrogen-bond acceptors (Lipinski definition) is 5. The maximum Gasteiger partial charge on any atom is 0.272 e. The monoisotopic (exact) mass is 433 g/mol. The molecule has 0 aromatic heterocycles. The van der Waals surface area contributed by atoms with E-state index in [0.29, 0.717) is 12.0 Å². The van der Waals surface area contributed by atoms with Gasteiger partial charge in [0.2, 0.25) is 0 Å². The van der Waals surface area contributed by atoms with Gasteiger partial charge >= 0.3 is 0 Å². The van der Waals surface area contributed by atoms with Gasteiger partial charge in [0.15, 0.2) is 11.6 Å². The molecule has 6 atom stereocenters. The van der Waals surface area contributed by atoms with Crippen LogP contribution in [0.25, 0.3) is 0 Å². The Labute approximate surface area is 187 Å². The molecule has 2 bridgehead atoms. The number of rotatable bonds is 5. The quantitative estimate of drug-likeness (QED) is 0.395. The molecule has 166 valence electrons. The lowest BCUT2D eigenvalue weighted by Crippen LogP contribution is -2.34. The number of ketones is 2. The summed E-state index contributed by atoms with van der Waals surface area (Å²) in [5.41, 5.74) is 4.82. The number of carbonyl (C=O) groups is 2. The average Bonchev–Trinajstić information content (AvgIpc) is 3.44. The average molecular weight is 434 g/mol. The SMILES string of the molecule is CCc1cc(C)cc(CC)c1C1C(=O)[C@@H]2[C@@H]3O[C@@H](C[C@H]3c3ccccc3[N+](=O)[O-])[C@@H]2C1=O. The van der Waals surface area contributed by atoms with Crippen molar-refractivity contribution < 1.29 is 19.2 Å². The van der Waals surface area contributed by atoms with Crippen LogP contribution in [0.1, 0.15) is 59.9 Å². The number of para-hydroxylation sites is 1. The van der Waals surface area contributed by atoms with Crippen molar-refractivity contribution in [1.29, 1.82) is 0 Å². The fourth-order valence-corrected chi connectivity index (χ4v) is 6.43. The second-order valence-corrected chi connectivity index (χ2v) is 9.29. The molecule has 2 aromatic carbocycles. The number of nitro groups is 1. The first-order valence-corrected chi connectivity index (χ1v) is 11.5. The van der Waals surface area contributed by atoms with Crippen LogP contribution in [-0.2, 0) is 27.2 Å². The Balaban J connectivity index is 1.55. The number of hydrogen-bond donors (Lipinski definition) is 0. The standard InChI is InChI=1S/C26H27NO5/c1-4-14-10-13(3)11-15(5-2)20(14)22-24(28)21-19-12-17(26(32-19)23(21)25(22)29)16-8-6-7-9-18(16)27(30)31/h6-11,17,19,21-23,26H,4-5,12H2,1-3H3/t17-,19-,21-,22?,23+,26+/m0/s1. The van der Waals surface area contributed by atoms with Crippen LogP contribution in [-0.4, -0.2) is 28.7 Å². The zero-order valence-electron chi connectivity index (χ0n) is 18.5. The lowest BCUT2D eigenvalue weighted by atomic mass is 9.72. The van der Waals surface area contributed by atoms with Crippen LogP contribution in [0.3, 0.4) is 0 Å². The van der Waals surface area contributed by atoms with Gasteiger partial charge in [-0.2, -0.15) is 0 Å². The third-order valence-corrected chi connectivity index (χ3v) is 7.66. The summed E-state index contributed by atoms with van der Waals surface area (Å²) >= 11 is 0. The minimum atomic E-state index is -0.742. The van der Waals surface area contributed by atoms with Crippen molar-refractivity contribution in [2.24, 2.45) is 11.8 Å². The molecule has 1 unspecified atom stereocenters. The molecule has 2 aliphatic heterocycles. The molecule has 6 nitrogen and oxygen atoms in total. The number of nitro benzene ring substituents is 1. The van der Waals surface area contributed by atoms with Gasteiger partial charge in [-0.05, 0) is 42.9 Å². The normalized spacial score (nSPS) is 30.7. The number of carbonyl (C=O) groups excluding carboxylic acids is 2. The highest BCUT2D eigenvalue weighted by Gasteiger charge is 2.66. The smallest absolute Gasteiger partial charge is 0.272 e. The van der Waals surface area contributed by atoms with E-state index < -0.39 is 23.9 Å². The molecule has 5 rings (SSSR count). The van der Waals surface area contributed by atoms with Gasteiger partial charge in [-0.15, -0.1) is 0 Å². The molecule has 2 saturated heterocycles. The fourth-order valence-electron chi connectivity index (χ4n) is 6.43. The van der Waals surface area contributed by atoms with Crippen LogP contribution in [0.4, 0.5) is 5.69 Å². The van der Waals surface area contributed by atoms with Crippen LogP contribution >= 0.6 is 0 Å².